The molecule has 114 valence electrons. The summed E-state index contributed by atoms with van der Waals surface area (Å²) >= 11 is 1.45. The normalized spacial score (nSPS) is 10.2. The van der Waals surface area contributed by atoms with E-state index in [9.17, 15) is 14.4 Å². The summed E-state index contributed by atoms with van der Waals surface area (Å²) < 4.78 is 0. The van der Waals surface area contributed by atoms with Crippen LogP contribution in [0.1, 0.15) is 26.7 Å². The third-order valence-corrected chi connectivity index (χ3v) is 3.27. The number of aromatic carboxylic acids is 1. The van der Waals surface area contributed by atoms with E-state index in [0.29, 0.717) is 11.6 Å². The van der Waals surface area contributed by atoms with Crippen LogP contribution in [0.4, 0.5) is 5.69 Å². The van der Waals surface area contributed by atoms with Crippen molar-refractivity contribution in [1.82, 2.24) is 9.97 Å². The number of aromatic amines is 1. The van der Waals surface area contributed by atoms with Crippen LogP contribution in [0.2, 0.25) is 0 Å². The molecule has 1 aromatic heterocycles. The highest BCUT2D eigenvalue weighted by molar-refractivity contribution is 7.97. The second-order valence-electron chi connectivity index (χ2n) is 4.32. The molecule has 22 heavy (non-hydrogen) atoms. The van der Waals surface area contributed by atoms with Crippen LogP contribution in [-0.2, 0) is 5.75 Å². The van der Waals surface area contributed by atoms with E-state index >= 15 is 0 Å². The van der Waals surface area contributed by atoms with Gasteiger partial charge in [0.2, 0.25) is 0 Å². The van der Waals surface area contributed by atoms with E-state index in [1.54, 1.807) is 12.1 Å². The molecule has 8 heteroatoms. The van der Waals surface area contributed by atoms with Gasteiger partial charge in [-0.1, -0.05) is 12.1 Å². The Morgan fingerprint density at radius 3 is 2.77 bits per heavy atom. The van der Waals surface area contributed by atoms with Gasteiger partial charge >= 0.3 is 5.97 Å². The Morgan fingerprint density at radius 2 is 2.09 bits per heavy atom. The summed E-state index contributed by atoms with van der Waals surface area (Å²) in [7, 11) is 0. The van der Waals surface area contributed by atoms with Crippen molar-refractivity contribution in [2.24, 2.45) is 0 Å². The smallest absolute Gasteiger partial charge is 0.337 e. The molecule has 0 aliphatic carbocycles. The maximum absolute atomic E-state index is 12.2. The van der Waals surface area contributed by atoms with Gasteiger partial charge in [0.1, 0.15) is 11.5 Å². The molecule has 0 unspecified atom stereocenters. The Morgan fingerprint density at radius 1 is 1.36 bits per heavy atom. The lowest BCUT2D eigenvalue weighted by atomic mass is 10.2. The van der Waals surface area contributed by atoms with E-state index in [4.69, 9.17) is 5.11 Å². The largest absolute Gasteiger partial charge is 0.478 e. The number of nitrogens with zero attached hydrogens (tertiary/aromatic N) is 1. The molecule has 1 heterocycles. The summed E-state index contributed by atoms with van der Waals surface area (Å²) in [4.78, 5) is 41.4. The van der Waals surface area contributed by atoms with Crippen molar-refractivity contribution in [1.29, 1.82) is 0 Å². The zero-order chi connectivity index (χ0) is 16.1. The number of benzene rings is 1. The molecule has 0 fully saturated rings. The molecule has 3 N–H and O–H groups in total. The second kappa shape index (κ2) is 6.90. The van der Waals surface area contributed by atoms with E-state index in [1.165, 1.54) is 23.9 Å². The van der Waals surface area contributed by atoms with Gasteiger partial charge in [0.15, 0.2) is 0 Å². The van der Waals surface area contributed by atoms with Crippen LogP contribution in [-0.4, -0.2) is 33.2 Å². The third-order valence-electron chi connectivity index (χ3n) is 2.71. The first-order valence-electron chi connectivity index (χ1n) is 6.24. The summed E-state index contributed by atoms with van der Waals surface area (Å²) in [5.41, 5.74) is -0.387. The fraction of sp³-hybridized carbons (Fsp3) is 0.143. The number of carboxylic acids is 1. The molecule has 0 aliphatic heterocycles. The van der Waals surface area contributed by atoms with E-state index in [-0.39, 0.29) is 16.9 Å². The highest BCUT2D eigenvalue weighted by Gasteiger charge is 2.15. The average molecular weight is 319 g/mol. The molecule has 0 saturated heterocycles. The molecule has 0 aliphatic rings. The minimum Gasteiger partial charge on any atom is -0.478 e. The fourth-order valence-electron chi connectivity index (χ4n) is 1.79. The standard InChI is InChI=1S/C14H13N3O4S/c1-22-7-11-15-10(6-12(18)17-11)13(19)16-9-5-3-2-4-8(9)14(20)21/h2-6H,7H2,1H3,(H,16,19)(H,20,21)(H,15,17,18). The number of anilines is 1. The van der Waals surface area contributed by atoms with Crippen molar-refractivity contribution >= 4 is 29.3 Å². The zero-order valence-electron chi connectivity index (χ0n) is 11.6. The highest BCUT2D eigenvalue weighted by atomic mass is 32.2. The molecule has 0 radical (unpaired) electrons. The van der Waals surface area contributed by atoms with Gasteiger partial charge in [-0.3, -0.25) is 9.59 Å². The number of H-pyrrole nitrogens is 1. The van der Waals surface area contributed by atoms with Gasteiger partial charge in [-0.2, -0.15) is 11.8 Å². The Hall–Kier alpha value is -2.61. The lowest BCUT2D eigenvalue weighted by molar-refractivity contribution is 0.0698. The summed E-state index contributed by atoms with van der Waals surface area (Å²) in [5.74, 6) is -0.945. The van der Waals surface area contributed by atoms with Gasteiger partial charge in [-0.15, -0.1) is 0 Å². The molecule has 0 spiro atoms. The summed E-state index contributed by atoms with van der Waals surface area (Å²) in [6.07, 6.45) is 1.84. The first-order valence-corrected chi connectivity index (χ1v) is 7.63. The molecule has 0 atom stereocenters. The first-order chi connectivity index (χ1) is 10.5. The Labute approximate surface area is 129 Å². The number of carboxylic acid groups (broad SMARTS) is 1. The zero-order valence-corrected chi connectivity index (χ0v) is 12.4. The number of nitrogens with one attached hydrogen (secondary N) is 2. The fourth-order valence-corrected chi connectivity index (χ4v) is 2.20. The molecule has 1 amide bonds. The molecular formula is C14H13N3O4S. The van der Waals surface area contributed by atoms with Gasteiger partial charge in [-0.05, 0) is 18.4 Å². The third kappa shape index (κ3) is 3.73. The predicted molar refractivity (Wildman–Crippen MR) is 83.4 cm³/mol. The molecule has 0 saturated carbocycles. The quantitative estimate of drug-likeness (QED) is 0.771. The van der Waals surface area contributed by atoms with Crippen LogP contribution >= 0.6 is 11.8 Å². The number of rotatable bonds is 5. The molecule has 2 rings (SSSR count). The lowest BCUT2D eigenvalue weighted by Gasteiger charge is -2.08. The number of thioether (sulfide) groups is 1. The van der Waals surface area contributed by atoms with Crippen LogP contribution < -0.4 is 10.9 Å². The van der Waals surface area contributed by atoms with Crippen molar-refractivity contribution in [3.8, 4) is 0 Å². The maximum Gasteiger partial charge on any atom is 0.337 e. The van der Waals surface area contributed by atoms with Gasteiger partial charge in [0, 0.05) is 6.07 Å². The van der Waals surface area contributed by atoms with Crippen LogP contribution in [0, 0.1) is 0 Å². The molecule has 0 bridgehead atoms. The second-order valence-corrected chi connectivity index (χ2v) is 5.18. The molecular weight excluding hydrogens is 306 g/mol. The van der Waals surface area contributed by atoms with E-state index in [0.717, 1.165) is 6.07 Å². The first kappa shape index (κ1) is 15.8. The van der Waals surface area contributed by atoms with Gasteiger partial charge in [0.05, 0.1) is 17.0 Å². The SMILES string of the molecule is CSCc1nc(C(=O)Nc2ccccc2C(=O)O)cc(=O)[nH]1. The van der Waals surface area contributed by atoms with Gasteiger partial charge < -0.3 is 15.4 Å². The highest BCUT2D eigenvalue weighted by Crippen LogP contribution is 2.15. The minimum atomic E-state index is -1.15. The predicted octanol–water partition coefficient (Wildman–Crippen LogP) is 1.58. The average Bonchev–Trinajstić information content (AvgIpc) is 2.47. The van der Waals surface area contributed by atoms with Crippen LogP contribution in [0.15, 0.2) is 35.1 Å². The number of carbonyl (C=O) groups is 2. The summed E-state index contributed by atoms with van der Waals surface area (Å²) in [6.45, 7) is 0. The topological polar surface area (TPSA) is 112 Å². The lowest BCUT2D eigenvalue weighted by Crippen LogP contribution is -2.21. The van der Waals surface area contributed by atoms with E-state index < -0.39 is 17.4 Å². The van der Waals surface area contributed by atoms with Crippen LogP contribution in [0.3, 0.4) is 0 Å². The Bertz CT molecular complexity index is 773. The monoisotopic (exact) mass is 319 g/mol. The molecule has 7 nitrogen and oxygen atoms in total. The number of hydrogen-bond donors (Lipinski definition) is 3. The van der Waals surface area contributed by atoms with Gasteiger partial charge in [-0.25, -0.2) is 9.78 Å². The number of para-hydroxylation sites is 1. The van der Waals surface area contributed by atoms with Crippen molar-refractivity contribution in [3.63, 3.8) is 0 Å². The summed E-state index contributed by atoms with van der Waals surface area (Å²) in [6, 6.07) is 7.08. The Kier molecular flexibility index (Phi) is 4.95. The van der Waals surface area contributed by atoms with Crippen LogP contribution in [0.5, 0.6) is 0 Å². The minimum absolute atomic E-state index is 0.0370. The van der Waals surface area contributed by atoms with Crippen LogP contribution in [0.25, 0.3) is 0 Å². The van der Waals surface area contributed by atoms with Crippen molar-refractivity contribution in [3.05, 3.63) is 57.8 Å². The van der Waals surface area contributed by atoms with E-state index in [1.807, 2.05) is 6.26 Å². The van der Waals surface area contributed by atoms with Crippen molar-refractivity contribution in [2.45, 2.75) is 5.75 Å². The van der Waals surface area contributed by atoms with Gasteiger partial charge in [0.25, 0.3) is 11.5 Å². The van der Waals surface area contributed by atoms with Crippen molar-refractivity contribution < 1.29 is 14.7 Å². The number of aromatic nitrogens is 2. The van der Waals surface area contributed by atoms with E-state index in [2.05, 4.69) is 15.3 Å². The molecule has 1 aromatic carbocycles. The number of hydrogen-bond acceptors (Lipinski definition) is 5. The Balaban J connectivity index is 2.30. The number of amides is 1. The van der Waals surface area contributed by atoms with Crippen molar-refractivity contribution in [2.75, 3.05) is 11.6 Å². The summed E-state index contributed by atoms with van der Waals surface area (Å²) in [5, 5.41) is 11.5. The maximum atomic E-state index is 12.2. The molecule has 2 aromatic rings. The number of carbonyl (C=O) groups excluding carboxylic acids is 1.